The Hall–Kier alpha value is -1.96. The quantitative estimate of drug-likeness (QED) is 0.546. The zero-order chi connectivity index (χ0) is 25.5. The zero-order valence-corrected chi connectivity index (χ0v) is 22.3. The Labute approximate surface area is 217 Å². The van der Waals surface area contributed by atoms with Crippen molar-refractivity contribution in [2.75, 3.05) is 32.8 Å². The third-order valence-electron chi connectivity index (χ3n) is 8.76. The van der Waals surface area contributed by atoms with Gasteiger partial charge in [-0.2, -0.15) is 0 Å². The fraction of sp³-hybridized carbons (Fsp3) is 0.724. The van der Waals surface area contributed by atoms with E-state index in [0.29, 0.717) is 31.3 Å². The molecule has 2 heterocycles. The Balaban J connectivity index is 1.42. The van der Waals surface area contributed by atoms with Crippen LogP contribution in [0, 0.1) is 18.8 Å². The van der Waals surface area contributed by atoms with Crippen molar-refractivity contribution in [2.45, 2.75) is 89.9 Å². The second-order valence-corrected chi connectivity index (χ2v) is 11.3. The number of nitrogens with one attached hydrogen (secondary N) is 1. The summed E-state index contributed by atoms with van der Waals surface area (Å²) in [5.74, 6) is 1.14. The summed E-state index contributed by atoms with van der Waals surface area (Å²) < 4.78 is 6.00. The maximum atomic E-state index is 13.4. The van der Waals surface area contributed by atoms with E-state index in [1.54, 1.807) is 11.8 Å². The van der Waals surface area contributed by atoms with Gasteiger partial charge in [-0.25, -0.2) is 0 Å². The topological polar surface area (TPSA) is 87.9 Å². The van der Waals surface area contributed by atoms with Gasteiger partial charge in [-0.15, -0.1) is 0 Å². The van der Waals surface area contributed by atoms with Crippen LogP contribution < -0.4 is 11.1 Å². The monoisotopic (exact) mass is 498 g/mol. The van der Waals surface area contributed by atoms with E-state index in [2.05, 4.69) is 41.4 Å². The molecule has 1 aliphatic carbocycles. The normalized spacial score (nSPS) is 28.9. The molecular weight excluding hydrogens is 452 g/mol. The van der Waals surface area contributed by atoms with Crippen molar-refractivity contribution in [1.82, 2.24) is 15.1 Å². The number of hydrogen-bond acceptors (Lipinski definition) is 5. The van der Waals surface area contributed by atoms with Crippen LogP contribution >= 0.6 is 0 Å². The predicted octanol–water partition coefficient (Wildman–Crippen LogP) is 3.24. The van der Waals surface area contributed by atoms with Crippen molar-refractivity contribution in [3.05, 3.63) is 35.4 Å². The van der Waals surface area contributed by atoms with Gasteiger partial charge in [0.05, 0.1) is 6.10 Å². The van der Waals surface area contributed by atoms with Crippen LogP contribution in [0.2, 0.25) is 0 Å². The second kappa shape index (κ2) is 13.0. The first-order chi connectivity index (χ1) is 17.4. The minimum absolute atomic E-state index is 0.00352. The number of carbonyl (C=O) groups excluding carboxylic acids is 2. The van der Waals surface area contributed by atoms with Gasteiger partial charge in [-0.05, 0) is 87.8 Å². The molecule has 1 aromatic carbocycles. The number of nitrogens with zero attached hydrogens (tertiary/aromatic N) is 2. The number of hydrogen-bond donors (Lipinski definition) is 2. The van der Waals surface area contributed by atoms with Gasteiger partial charge in [0.1, 0.15) is 6.04 Å². The first-order valence-corrected chi connectivity index (χ1v) is 14.1. The van der Waals surface area contributed by atoms with E-state index in [4.69, 9.17) is 10.5 Å². The van der Waals surface area contributed by atoms with Crippen LogP contribution in [0.25, 0.3) is 0 Å². The molecule has 0 aromatic heterocycles. The van der Waals surface area contributed by atoms with Crippen LogP contribution in [-0.2, 0) is 20.9 Å². The number of carbonyl (C=O) groups is 2. The first-order valence-electron chi connectivity index (χ1n) is 14.1. The van der Waals surface area contributed by atoms with Crippen LogP contribution in [0.4, 0.5) is 0 Å². The largest absolute Gasteiger partial charge is 0.377 e. The van der Waals surface area contributed by atoms with Crippen LogP contribution in [0.3, 0.4) is 0 Å². The van der Waals surface area contributed by atoms with Gasteiger partial charge in [-0.3, -0.25) is 14.5 Å². The lowest BCUT2D eigenvalue weighted by Gasteiger charge is -2.43. The van der Waals surface area contributed by atoms with Crippen LogP contribution in [0.5, 0.6) is 0 Å². The summed E-state index contributed by atoms with van der Waals surface area (Å²) >= 11 is 0. The Bertz CT molecular complexity index is 864. The van der Waals surface area contributed by atoms with Gasteiger partial charge < -0.3 is 20.7 Å². The minimum atomic E-state index is -0.412. The molecule has 0 radical (unpaired) electrons. The van der Waals surface area contributed by atoms with E-state index in [9.17, 15) is 9.59 Å². The number of benzene rings is 1. The van der Waals surface area contributed by atoms with Crippen LogP contribution in [0.15, 0.2) is 24.3 Å². The molecule has 2 saturated heterocycles. The van der Waals surface area contributed by atoms with Gasteiger partial charge >= 0.3 is 0 Å². The number of rotatable bonds is 9. The van der Waals surface area contributed by atoms with E-state index in [1.807, 2.05) is 0 Å². The molecule has 3 N–H and O–H groups in total. The maximum absolute atomic E-state index is 13.4. The lowest BCUT2D eigenvalue weighted by atomic mass is 9.82. The highest BCUT2D eigenvalue weighted by Crippen LogP contribution is 2.29. The molecule has 36 heavy (non-hydrogen) atoms. The fourth-order valence-electron chi connectivity index (χ4n) is 6.34. The number of piperidine rings is 1. The van der Waals surface area contributed by atoms with E-state index < -0.39 is 6.04 Å². The SMILES string of the molecule is CC(=O)N1CCC(N(Cc2ccccc2C)CC2CCCO2)C[C@@H]1C(=O)NCC1CCC(CN)CC1. The van der Waals surface area contributed by atoms with Crippen molar-refractivity contribution >= 4 is 11.8 Å². The smallest absolute Gasteiger partial charge is 0.242 e. The highest BCUT2D eigenvalue weighted by Gasteiger charge is 2.38. The second-order valence-electron chi connectivity index (χ2n) is 11.3. The van der Waals surface area contributed by atoms with Gasteiger partial charge in [0.2, 0.25) is 11.8 Å². The third-order valence-corrected chi connectivity index (χ3v) is 8.76. The number of aryl methyl sites for hydroxylation is 1. The molecule has 3 fully saturated rings. The minimum Gasteiger partial charge on any atom is -0.377 e. The molecule has 7 nitrogen and oxygen atoms in total. The van der Waals surface area contributed by atoms with Crippen molar-refractivity contribution in [2.24, 2.45) is 17.6 Å². The highest BCUT2D eigenvalue weighted by atomic mass is 16.5. The summed E-state index contributed by atoms with van der Waals surface area (Å²) in [7, 11) is 0. The summed E-state index contributed by atoms with van der Waals surface area (Å²) in [6.45, 7) is 8.39. The summed E-state index contributed by atoms with van der Waals surface area (Å²) in [6.07, 6.45) is 8.55. The van der Waals surface area contributed by atoms with Gasteiger partial charge in [0.25, 0.3) is 0 Å². The predicted molar refractivity (Wildman–Crippen MR) is 142 cm³/mol. The average Bonchev–Trinajstić information content (AvgIpc) is 3.41. The molecular formula is C29H46N4O3. The molecule has 1 aromatic rings. The molecule has 3 aliphatic rings. The Morgan fingerprint density at radius 3 is 2.53 bits per heavy atom. The van der Waals surface area contributed by atoms with Crippen molar-refractivity contribution in [3.8, 4) is 0 Å². The summed E-state index contributed by atoms with van der Waals surface area (Å²) in [4.78, 5) is 30.2. The molecule has 0 spiro atoms. The third kappa shape index (κ3) is 7.08. The van der Waals surface area contributed by atoms with Gasteiger partial charge in [0, 0.05) is 45.8 Å². The van der Waals surface area contributed by atoms with E-state index in [-0.39, 0.29) is 24.0 Å². The van der Waals surface area contributed by atoms with Crippen molar-refractivity contribution in [1.29, 1.82) is 0 Å². The molecule has 2 unspecified atom stereocenters. The first kappa shape index (κ1) is 27.1. The molecule has 200 valence electrons. The van der Waals surface area contributed by atoms with Crippen LogP contribution in [-0.4, -0.2) is 72.6 Å². The van der Waals surface area contributed by atoms with E-state index in [1.165, 1.54) is 11.1 Å². The number of ether oxygens (including phenoxy) is 1. The maximum Gasteiger partial charge on any atom is 0.242 e. The van der Waals surface area contributed by atoms with Crippen LogP contribution in [0.1, 0.15) is 69.4 Å². The molecule has 2 aliphatic heterocycles. The molecule has 3 atom stereocenters. The lowest BCUT2D eigenvalue weighted by molar-refractivity contribution is -0.142. The summed E-state index contributed by atoms with van der Waals surface area (Å²) in [5, 5.41) is 3.22. The number of likely N-dealkylation sites (tertiary alicyclic amines) is 1. The molecule has 2 amide bonds. The Morgan fingerprint density at radius 1 is 1.11 bits per heavy atom. The zero-order valence-electron chi connectivity index (χ0n) is 22.3. The van der Waals surface area contributed by atoms with Gasteiger partial charge in [-0.1, -0.05) is 24.3 Å². The van der Waals surface area contributed by atoms with Crippen molar-refractivity contribution < 1.29 is 14.3 Å². The number of nitrogens with two attached hydrogens (primary N) is 1. The summed E-state index contributed by atoms with van der Waals surface area (Å²) in [5.41, 5.74) is 8.44. The highest BCUT2D eigenvalue weighted by molar-refractivity contribution is 5.87. The van der Waals surface area contributed by atoms with E-state index in [0.717, 1.165) is 71.2 Å². The van der Waals surface area contributed by atoms with Gasteiger partial charge in [0.15, 0.2) is 0 Å². The Morgan fingerprint density at radius 2 is 1.86 bits per heavy atom. The summed E-state index contributed by atoms with van der Waals surface area (Å²) in [6, 6.07) is 8.37. The number of amides is 2. The molecule has 1 saturated carbocycles. The fourth-order valence-corrected chi connectivity index (χ4v) is 6.34. The van der Waals surface area contributed by atoms with Crippen molar-refractivity contribution in [3.63, 3.8) is 0 Å². The molecule has 4 rings (SSSR count). The standard InChI is InChI=1S/C29H46N4O3/c1-21-6-3-4-7-25(21)19-32(20-27-8-5-15-36-27)26-13-14-33(22(2)34)28(16-26)29(35)31-18-24-11-9-23(17-30)10-12-24/h3-4,6-7,23-24,26-28H,5,8-20,30H2,1-2H3,(H,31,35)/t23?,24?,26?,27?,28-/m1/s1. The van der Waals surface area contributed by atoms with E-state index >= 15 is 0 Å². The lowest BCUT2D eigenvalue weighted by Crippen LogP contribution is -2.57. The Kier molecular flexibility index (Phi) is 9.80. The molecule has 0 bridgehead atoms. The average molecular weight is 499 g/mol. The molecule has 7 heteroatoms.